The summed E-state index contributed by atoms with van der Waals surface area (Å²) in [6.45, 7) is 1.29. The SMILES string of the molecule is CC(=O)Oc1ccccc1[N+](=O)Nc1ccccc1. The summed E-state index contributed by atoms with van der Waals surface area (Å²) in [6, 6.07) is 15.5. The average Bonchev–Trinajstić information content (AvgIpc) is 2.39. The van der Waals surface area contributed by atoms with E-state index in [1.807, 2.05) is 18.2 Å². The largest absolute Gasteiger partial charge is 0.419 e. The second kappa shape index (κ2) is 5.77. The molecular weight excluding hydrogens is 244 g/mol. The number of anilines is 1. The van der Waals surface area contributed by atoms with Crippen molar-refractivity contribution >= 4 is 17.3 Å². The Morgan fingerprint density at radius 2 is 1.68 bits per heavy atom. The number of hydrazine groups is 1. The molecule has 0 saturated heterocycles. The fourth-order valence-corrected chi connectivity index (χ4v) is 1.56. The molecule has 0 aliphatic rings. The third-order valence-corrected chi connectivity index (χ3v) is 2.34. The first-order valence-corrected chi connectivity index (χ1v) is 5.73. The van der Waals surface area contributed by atoms with Gasteiger partial charge in [-0.1, -0.05) is 30.3 Å². The van der Waals surface area contributed by atoms with Gasteiger partial charge in [-0.15, -0.1) is 5.43 Å². The van der Waals surface area contributed by atoms with Crippen molar-refractivity contribution < 1.29 is 14.4 Å². The Morgan fingerprint density at radius 3 is 2.37 bits per heavy atom. The number of carbonyl (C=O) groups is 1. The first-order valence-electron chi connectivity index (χ1n) is 5.73. The van der Waals surface area contributed by atoms with Crippen molar-refractivity contribution in [2.45, 2.75) is 6.92 Å². The molecule has 0 spiro atoms. The summed E-state index contributed by atoms with van der Waals surface area (Å²) in [7, 11) is 0. The van der Waals surface area contributed by atoms with Crippen molar-refractivity contribution in [1.29, 1.82) is 0 Å². The maximum Gasteiger partial charge on any atom is 0.334 e. The minimum atomic E-state index is -0.472. The van der Waals surface area contributed by atoms with Gasteiger partial charge in [0.25, 0.3) is 0 Å². The monoisotopic (exact) mass is 257 g/mol. The molecular formula is C14H13N2O3+. The summed E-state index contributed by atoms with van der Waals surface area (Å²) in [5, 5.41) is 0. The molecule has 0 aliphatic heterocycles. The fraction of sp³-hybridized carbons (Fsp3) is 0.0714. The highest BCUT2D eigenvalue weighted by atomic mass is 16.5. The number of esters is 1. The number of nitrogens with zero attached hydrogens (tertiary/aromatic N) is 1. The van der Waals surface area contributed by atoms with Crippen LogP contribution < -0.4 is 10.2 Å². The average molecular weight is 257 g/mol. The van der Waals surface area contributed by atoms with Crippen LogP contribution >= 0.6 is 0 Å². The lowest BCUT2D eigenvalue weighted by molar-refractivity contribution is -0.428. The predicted molar refractivity (Wildman–Crippen MR) is 71.1 cm³/mol. The molecule has 0 aliphatic carbocycles. The summed E-state index contributed by atoms with van der Waals surface area (Å²) < 4.78 is 4.98. The molecule has 1 N–H and O–H groups in total. The Kier molecular flexibility index (Phi) is 3.87. The van der Waals surface area contributed by atoms with E-state index >= 15 is 0 Å². The predicted octanol–water partition coefficient (Wildman–Crippen LogP) is 3.05. The zero-order valence-corrected chi connectivity index (χ0v) is 10.4. The van der Waals surface area contributed by atoms with Crippen molar-refractivity contribution in [3.8, 4) is 5.75 Å². The smallest absolute Gasteiger partial charge is 0.334 e. The summed E-state index contributed by atoms with van der Waals surface area (Å²) in [5.41, 5.74) is 3.54. The lowest BCUT2D eigenvalue weighted by atomic mass is 10.3. The van der Waals surface area contributed by atoms with Crippen LogP contribution in [0.1, 0.15) is 6.92 Å². The van der Waals surface area contributed by atoms with Crippen molar-refractivity contribution in [3.05, 3.63) is 59.5 Å². The van der Waals surface area contributed by atoms with Gasteiger partial charge in [0.2, 0.25) is 5.75 Å². The summed E-state index contributed by atoms with van der Waals surface area (Å²) in [5.74, 6) is -0.256. The topological polar surface area (TPSA) is 58.4 Å². The number of hydrogen-bond acceptors (Lipinski definition) is 3. The van der Waals surface area contributed by atoms with Crippen molar-refractivity contribution in [3.63, 3.8) is 0 Å². The number of nitroso groups, excluding NO2 is 1. The highest BCUT2D eigenvalue weighted by molar-refractivity contribution is 5.71. The Balaban J connectivity index is 2.21. The van der Waals surface area contributed by atoms with Crippen LogP contribution in [0.15, 0.2) is 54.6 Å². The van der Waals surface area contributed by atoms with Gasteiger partial charge in [0, 0.05) is 13.0 Å². The van der Waals surface area contributed by atoms with Gasteiger partial charge in [0.15, 0.2) is 4.87 Å². The Labute approximate surface area is 110 Å². The number of hydrogen-bond donors (Lipinski definition) is 1. The van der Waals surface area contributed by atoms with Crippen LogP contribution in [-0.2, 0) is 4.79 Å². The highest BCUT2D eigenvalue weighted by Gasteiger charge is 2.21. The number of benzene rings is 2. The molecule has 96 valence electrons. The van der Waals surface area contributed by atoms with Crippen LogP contribution in [0.4, 0.5) is 11.4 Å². The summed E-state index contributed by atoms with van der Waals surface area (Å²) >= 11 is 0. The molecule has 0 amide bonds. The van der Waals surface area contributed by atoms with E-state index in [4.69, 9.17) is 4.74 Å². The molecule has 2 aromatic rings. The van der Waals surface area contributed by atoms with Crippen LogP contribution in [0, 0.1) is 4.91 Å². The van der Waals surface area contributed by atoms with E-state index in [1.165, 1.54) is 6.92 Å². The molecule has 0 heterocycles. The Bertz CT molecular complexity index is 597. The Hall–Kier alpha value is -2.69. The first-order chi connectivity index (χ1) is 9.16. The van der Waals surface area contributed by atoms with Gasteiger partial charge in [-0.2, -0.15) is 0 Å². The van der Waals surface area contributed by atoms with Crippen molar-refractivity contribution in [2.75, 3.05) is 5.43 Å². The number of ether oxygens (including phenoxy) is 1. The van der Waals surface area contributed by atoms with E-state index in [9.17, 15) is 9.70 Å². The van der Waals surface area contributed by atoms with Gasteiger partial charge in [0.1, 0.15) is 5.69 Å². The molecule has 0 radical (unpaired) electrons. The first kappa shape index (κ1) is 12.8. The van der Waals surface area contributed by atoms with E-state index in [0.29, 0.717) is 10.6 Å². The number of rotatable bonds is 4. The van der Waals surface area contributed by atoms with Crippen molar-refractivity contribution in [1.82, 2.24) is 0 Å². The molecule has 0 aromatic heterocycles. The van der Waals surface area contributed by atoms with Crippen LogP contribution in [-0.4, -0.2) is 10.8 Å². The lowest BCUT2D eigenvalue weighted by Gasteiger charge is -2.02. The molecule has 0 atom stereocenters. The van der Waals surface area contributed by atoms with Gasteiger partial charge in [-0.3, -0.25) is 4.79 Å². The molecule has 0 fully saturated rings. The third-order valence-electron chi connectivity index (χ3n) is 2.34. The maximum absolute atomic E-state index is 12.0. The number of carbonyl (C=O) groups excluding carboxylic acids is 1. The van der Waals surface area contributed by atoms with Crippen LogP contribution in [0.3, 0.4) is 0 Å². The van der Waals surface area contributed by atoms with Gasteiger partial charge < -0.3 is 4.74 Å². The van der Waals surface area contributed by atoms with E-state index < -0.39 is 5.97 Å². The highest BCUT2D eigenvalue weighted by Crippen LogP contribution is 2.26. The molecule has 0 bridgehead atoms. The maximum atomic E-state index is 12.0. The second-order valence-electron chi connectivity index (χ2n) is 3.83. The van der Waals surface area contributed by atoms with E-state index in [0.717, 1.165) is 0 Å². The van der Waals surface area contributed by atoms with Crippen molar-refractivity contribution in [2.24, 2.45) is 0 Å². The molecule has 2 rings (SSSR count). The normalized spacial score (nSPS) is 9.74. The molecule has 5 heteroatoms. The van der Waals surface area contributed by atoms with Gasteiger partial charge in [0.05, 0.1) is 4.91 Å². The summed E-state index contributed by atoms with van der Waals surface area (Å²) in [4.78, 5) is 23.6. The number of para-hydroxylation sites is 3. The fourth-order valence-electron chi connectivity index (χ4n) is 1.56. The standard InChI is InChI=1S/C14H13N2O3/c1-11(17)19-14-10-6-5-9-13(14)16(18)15-12-7-3-2-4-8-12/h2-10H,1H3,(H,15,18)/q+1. The molecule has 0 unspecified atom stereocenters. The molecule has 19 heavy (non-hydrogen) atoms. The minimum Gasteiger partial charge on any atom is -0.419 e. The van der Waals surface area contributed by atoms with Gasteiger partial charge in [-0.05, 0) is 18.2 Å². The number of nitrogens with one attached hydrogen (secondary N) is 1. The van der Waals surface area contributed by atoms with Gasteiger partial charge in [-0.25, -0.2) is 0 Å². The van der Waals surface area contributed by atoms with Crippen LogP contribution in [0.25, 0.3) is 0 Å². The molecule has 5 nitrogen and oxygen atoms in total. The van der Waals surface area contributed by atoms with Gasteiger partial charge >= 0.3 is 11.7 Å². The second-order valence-corrected chi connectivity index (χ2v) is 3.83. The molecule has 2 aromatic carbocycles. The van der Waals surface area contributed by atoms with E-state index in [2.05, 4.69) is 5.43 Å². The summed E-state index contributed by atoms with van der Waals surface area (Å²) in [6.07, 6.45) is 0. The Morgan fingerprint density at radius 1 is 1.05 bits per heavy atom. The van der Waals surface area contributed by atoms with E-state index in [1.54, 1.807) is 36.4 Å². The molecule has 0 saturated carbocycles. The minimum absolute atomic E-state index is 0.216. The zero-order chi connectivity index (χ0) is 13.7. The zero-order valence-electron chi connectivity index (χ0n) is 10.4. The van der Waals surface area contributed by atoms with Crippen LogP contribution in [0.2, 0.25) is 0 Å². The quantitative estimate of drug-likeness (QED) is 0.396. The van der Waals surface area contributed by atoms with E-state index in [-0.39, 0.29) is 11.4 Å². The lowest BCUT2D eigenvalue weighted by Crippen LogP contribution is -2.12. The van der Waals surface area contributed by atoms with Crippen LogP contribution in [0.5, 0.6) is 5.75 Å². The third kappa shape index (κ3) is 3.38.